The van der Waals surface area contributed by atoms with Gasteiger partial charge in [0.2, 0.25) is 10.0 Å². The zero-order valence-electron chi connectivity index (χ0n) is 20.9. The Morgan fingerprint density at radius 1 is 1.25 bits per heavy atom. The summed E-state index contributed by atoms with van der Waals surface area (Å²) in [6.45, 7) is 7.10. The van der Waals surface area contributed by atoms with Gasteiger partial charge in [-0.15, -0.1) is 6.58 Å². The number of unbranched alkanes of at least 4 members (excludes halogenated alkanes) is 1. The summed E-state index contributed by atoms with van der Waals surface area (Å²) in [6.07, 6.45) is 6.32. The number of methoxy groups -OCH3 is 1. The number of nitrogens with zero attached hydrogens (tertiary/aromatic N) is 3. The molecule has 1 aromatic heterocycles. The molecule has 1 aliphatic heterocycles. The number of aromatic nitrogens is 1. The van der Waals surface area contributed by atoms with Gasteiger partial charge in [-0.25, -0.2) is 8.42 Å². The molecule has 2 aromatic carbocycles. The topological polar surface area (TPSA) is 81.0 Å². The second-order valence-corrected chi connectivity index (χ2v) is 12.0. The summed E-state index contributed by atoms with van der Waals surface area (Å²) in [5, 5.41) is 0. The molecule has 36 heavy (non-hydrogen) atoms. The molecule has 1 fully saturated rings. The lowest BCUT2D eigenvalue weighted by molar-refractivity contribution is -0.122. The van der Waals surface area contributed by atoms with Crippen LogP contribution in [0.3, 0.4) is 0 Å². The predicted octanol–water partition coefficient (Wildman–Crippen LogP) is 4.77. The second kappa shape index (κ2) is 11.5. The Kier molecular flexibility index (Phi) is 8.43. The van der Waals surface area contributed by atoms with Crippen LogP contribution in [0.4, 0.5) is 0 Å². The third-order valence-corrected chi connectivity index (χ3v) is 9.43. The molecule has 3 aromatic rings. The molecule has 0 spiro atoms. The Bertz CT molecular complexity index is 1410. The Hall–Kier alpha value is -2.75. The van der Waals surface area contributed by atoms with Crippen molar-refractivity contribution in [1.82, 2.24) is 8.87 Å². The number of hydrogen-bond acceptors (Lipinski definition) is 5. The van der Waals surface area contributed by atoms with Crippen LogP contribution < -0.4 is 9.54 Å². The molecule has 7 nitrogen and oxygen atoms in total. The van der Waals surface area contributed by atoms with Gasteiger partial charge in [-0.2, -0.15) is 9.30 Å². The van der Waals surface area contributed by atoms with Crippen molar-refractivity contribution >= 4 is 37.5 Å². The number of aryl methyl sites for hydroxylation is 1. The molecule has 0 N–H and O–H groups in total. The van der Waals surface area contributed by atoms with Crippen LogP contribution in [0.15, 0.2) is 65.0 Å². The quantitative estimate of drug-likeness (QED) is 0.376. The number of carbonyl (C=O) groups is 1. The molecule has 1 unspecified atom stereocenters. The van der Waals surface area contributed by atoms with Crippen molar-refractivity contribution in [1.29, 1.82) is 0 Å². The first-order valence-corrected chi connectivity index (χ1v) is 14.6. The van der Waals surface area contributed by atoms with E-state index in [4.69, 9.17) is 4.74 Å². The minimum atomic E-state index is -3.71. The molecule has 0 saturated carbocycles. The SMILES string of the molecule is C=CCn1c(=NC(=O)C2CCCN(S(=O)(=O)c3ccc(OC)cc3)C2)sc2cc(CCCC)ccc21. The van der Waals surface area contributed by atoms with Crippen molar-refractivity contribution in [3.05, 3.63) is 65.5 Å². The number of piperidine rings is 1. The van der Waals surface area contributed by atoms with Gasteiger partial charge in [-0.3, -0.25) is 4.79 Å². The third kappa shape index (κ3) is 5.63. The Balaban J connectivity index is 1.59. The standard InChI is InChI=1S/C27H33N3O4S2/c1-4-6-8-20-10-15-24-25(18-20)35-27(30(24)16-5-2)28-26(31)21-9-7-17-29(19-21)36(32,33)23-13-11-22(34-3)12-14-23/h5,10-15,18,21H,2,4,6-9,16-17,19H2,1,3H3. The van der Waals surface area contributed by atoms with Crippen LogP contribution in [0.2, 0.25) is 0 Å². The minimum Gasteiger partial charge on any atom is -0.497 e. The Morgan fingerprint density at radius 3 is 2.72 bits per heavy atom. The van der Waals surface area contributed by atoms with Crippen molar-refractivity contribution in [3.8, 4) is 5.75 Å². The molecular weight excluding hydrogens is 494 g/mol. The number of allylic oxidation sites excluding steroid dienone is 1. The van der Waals surface area contributed by atoms with E-state index in [-0.39, 0.29) is 17.3 Å². The smallest absolute Gasteiger partial charge is 0.252 e. The number of rotatable bonds is 9. The fourth-order valence-electron chi connectivity index (χ4n) is 4.49. The van der Waals surface area contributed by atoms with Gasteiger partial charge < -0.3 is 9.30 Å². The first-order chi connectivity index (χ1) is 17.4. The average Bonchev–Trinajstić information content (AvgIpc) is 3.23. The van der Waals surface area contributed by atoms with Crippen LogP contribution in [0.25, 0.3) is 10.2 Å². The molecule has 192 valence electrons. The Labute approximate surface area is 216 Å². The minimum absolute atomic E-state index is 0.129. The van der Waals surface area contributed by atoms with Gasteiger partial charge in [-0.05, 0) is 67.6 Å². The number of ether oxygens (including phenoxy) is 1. The van der Waals surface area contributed by atoms with E-state index in [9.17, 15) is 13.2 Å². The lowest BCUT2D eigenvalue weighted by Crippen LogP contribution is -2.42. The summed E-state index contributed by atoms with van der Waals surface area (Å²) in [5.74, 6) is -0.164. The average molecular weight is 528 g/mol. The van der Waals surface area contributed by atoms with E-state index in [0.29, 0.717) is 36.5 Å². The molecule has 1 atom stereocenters. The van der Waals surface area contributed by atoms with Crippen molar-refractivity contribution in [3.63, 3.8) is 0 Å². The summed E-state index contributed by atoms with van der Waals surface area (Å²) >= 11 is 1.49. The van der Waals surface area contributed by atoms with Crippen molar-refractivity contribution in [2.24, 2.45) is 10.9 Å². The highest BCUT2D eigenvalue weighted by molar-refractivity contribution is 7.89. The molecule has 4 rings (SSSR count). The van der Waals surface area contributed by atoms with Crippen LogP contribution in [0, 0.1) is 5.92 Å². The normalized spacial score (nSPS) is 17.4. The summed E-state index contributed by atoms with van der Waals surface area (Å²) < 4.78 is 36.0. The van der Waals surface area contributed by atoms with Crippen LogP contribution in [0.1, 0.15) is 38.2 Å². The summed E-state index contributed by atoms with van der Waals surface area (Å²) in [4.78, 5) is 18.6. The van der Waals surface area contributed by atoms with Crippen LogP contribution in [-0.4, -0.2) is 43.4 Å². The van der Waals surface area contributed by atoms with E-state index in [1.54, 1.807) is 18.2 Å². The van der Waals surface area contributed by atoms with Gasteiger partial charge in [0.15, 0.2) is 4.80 Å². The van der Waals surface area contributed by atoms with Crippen molar-refractivity contribution in [2.45, 2.75) is 50.5 Å². The molecule has 0 aliphatic carbocycles. The molecule has 1 amide bonds. The fourth-order valence-corrected chi connectivity index (χ4v) is 7.12. The van der Waals surface area contributed by atoms with E-state index in [2.05, 4.69) is 36.7 Å². The number of fused-ring (bicyclic) bond motifs is 1. The molecule has 0 bridgehead atoms. The van der Waals surface area contributed by atoms with Gasteiger partial charge in [-0.1, -0.05) is 36.8 Å². The van der Waals surface area contributed by atoms with Crippen LogP contribution in [-0.2, 0) is 27.8 Å². The van der Waals surface area contributed by atoms with E-state index in [0.717, 1.165) is 29.5 Å². The highest BCUT2D eigenvalue weighted by Crippen LogP contribution is 2.26. The molecule has 1 saturated heterocycles. The third-order valence-electron chi connectivity index (χ3n) is 6.51. The zero-order chi connectivity index (χ0) is 25.7. The highest BCUT2D eigenvalue weighted by Gasteiger charge is 2.33. The second-order valence-electron chi connectivity index (χ2n) is 9.02. The number of sulfonamides is 1. The summed E-state index contributed by atoms with van der Waals surface area (Å²) in [5.41, 5.74) is 2.31. The highest BCUT2D eigenvalue weighted by atomic mass is 32.2. The van der Waals surface area contributed by atoms with E-state index in [1.807, 2.05) is 4.57 Å². The summed E-state index contributed by atoms with van der Waals surface area (Å²) in [6, 6.07) is 12.7. The van der Waals surface area contributed by atoms with Gasteiger partial charge in [0.05, 0.1) is 28.1 Å². The van der Waals surface area contributed by atoms with Crippen molar-refractivity contribution in [2.75, 3.05) is 20.2 Å². The number of carbonyl (C=O) groups excluding carboxylic acids is 1. The van der Waals surface area contributed by atoms with Gasteiger partial charge in [0, 0.05) is 19.6 Å². The molecule has 2 heterocycles. The molecular formula is C27H33N3O4S2. The van der Waals surface area contributed by atoms with E-state index in [1.165, 1.54) is 40.4 Å². The zero-order valence-corrected chi connectivity index (χ0v) is 22.5. The molecule has 9 heteroatoms. The maximum absolute atomic E-state index is 13.3. The largest absolute Gasteiger partial charge is 0.497 e. The number of thiazole rings is 1. The molecule has 0 radical (unpaired) electrons. The Morgan fingerprint density at radius 2 is 2.03 bits per heavy atom. The number of amides is 1. The van der Waals surface area contributed by atoms with Gasteiger partial charge >= 0.3 is 0 Å². The maximum atomic E-state index is 13.3. The molecule has 1 aliphatic rings. The number of hydrogen-bond donors (Lipinski definition) is 0. The van der Waals surface area contributed by atoms with Gasteiger partial charge in [0.1, 0.15) is 5.75 Å². The predicted molar refractivity (Wildman–Crippen MR) is 144 cm³/mol. The lowest BCUT2D eigenvalue weighted by Gasteiger charge is -2.30. The first kappa shape index (κ1) is 26.3. The van der Waals surface area contributed by atoms with Crippen molar-refractivity contribution < 1.29 is 17.9 Å². The monoisotopic (exact) mass is 527 g/mol. The summed E-state index contributed by atoms with van der Waals surface area (Å²) in [7, 11) is -2.17. The van der Waals surface area contributed by atoms with E-state index >= 15 is 0 Å². The lowest BCUT2D eigenvalue weighted by atomic mass is 9.99. The van der Waals surface area contributed by atoms with E-state index < -0.39 is 15.9 Å². The first-order valence-electron chi connectivity index (χ1n) is 12.3. The number of benzene rings is 2. The maximum Gasteiger partial charge on any atom is 0.252 e. The van der Waals surface area contributed by atoms with Crippen LogP contribution in [0.5, 0.6) is 5.75 Å². The van der Waals surface area contributed by atoms with Crippen LogP contribution >= 0.6 is 11.3 Å². The van der Waals surface area contributed by atoms with Gasteiger partial charge in [0.25, 0.3) is 5.91 Å². The fraction of sp³-hybridized carbons (Fsp3) is 0.407.